The SMILES string of the molecule is C=CCNC(=NC)NCC1CCCN1C. The van der Waals surface area contributed by atoms with Crippen LogP contribution in [0.1, 0.15) is 12.8 Å². The van der Waals surface area contributed by atoms with Gasteiger partial charge in [0.1, 0.15) is 0 Å². The monoisotopic (exact) mass is 210 g/mol. The minimum Gasteiger partial charge on any atom is -0.355 e. The van der Waals surface area contributed by atoms with Gasteiger partial charge < -0.3 is 15.5 Å². The van der Waals surface area contributed by atoms with E-state index < -0.39 is 0 Å². The van der Waals surface area contributed by atoms with Crippen LogP contribution in [0.2, 0.25) is 0 Å². The standard InChI is InChI=1S/C11H22N4/c1-4-7-13-11(12-2)14-9-10-6-5-8-15(10)3/h4,10H,1,5-9H2,2-3H3,(H2,12,13,14). The Bertz CT molecular complexity index is 225. The molecule has 0 aromatic rings. The summed E-state index contributed by atoms with van der Waals surface area (Å²) in [5, 5.41) is 6.49. The van der Waals surface area contributed by atoms with E-state index in [1.54, 1.807) is 7.05 Å². The molecule has 0 aliphatic carbocycles. The van der Waals surface area contributed by atoms with Crippen molar-refractivity contribution in [1.82, 2.24) is 15.5 Å². The molecular weight excluding hydrogens is 188 g/mol. The molecule has 0 aromatic carbocycles. The number of nitrogens with one attached hydrogen (secondary N) is 2. The van der Waals surface area contributed by atoms with Gasteiger partial charge >= 0.3 is 0 Å². The van der Waals surface area contributed by atoms with Gasteiger partial charge in [0.25, 0.3) is 0 Å². The molecule has 2 N–H and O–H groups in total. The third-order valence-corrected chi connectivity index (χ3v) is 2.81. The van der Waals surface area contributed by atoms with Crippen LogP contribution in [0.15, 0.2) is 17.6 Å². The number of guanidine groups is 1. The largest absolute Gasteiger partial charge is 0.355 e. The van der Waals surface area contributed by atoms with Gasteiger partial charge in [0.15, 0.2) is 5.96 Å². The molecule has 0 amide bonds. The molecule has 1 heterocycles. The molecule has 1 unspecified atom stereocenters. The summed E-state index contributed by atoms with van der Waals surface area (Å²) < 4.78 is 0. The maximum Gasteiger partial charge on any atom is 0.191 e. The first-order chi connectivity index (χ1) is 7.27. The molecule has 0 aromatic heterocycles. The summed E-state index contributed by atoms with van der Waals surface area (Å²) in [7, 11) is 3.97. The average Bonchev–Trinajstić information content (AvgIpc) is 2.65. The first-order valence-electron chi connectivity index (χ1n) is 5.53. The van der Waals surface area contributed by atoms with E-state index in [1.807, 2.05) is 6.08 Å². The minimum absolute atomic E-state index is 0.646. The zero-order chi connectivity index (χ0) is 11.1. The van der Waals surface area contributed by atoms with E-state index in [-0.39, 0.29) is 0 Å². The Morgan fingerprint density at radius 2 is 2.40 bits per heavy atom. The summed E-state index contributed by atoms with van der Waals surface area (Å²) in [6, 6.07) is 0.646. The molecule has 1 rings (SSSR count). The van der Waals surface area contributed by atoms with Crippen LogP contribution in [0, 0.1) is 0 Å². The van der Waals surface area contributed by atoms with Gasteiger partial charge in [0, 0.05) is 26.2 Å². The molecule has 0 bridgehead atoms. The Labute approximate surface area is 92.4 Å². The molecular formula is C11H22N4. The number of hydrogen-bond donors (Lipinski definition) is 2. The van der Waals surface area contributed by atoms with E-state index in [9.17, 15) is 0 Å². The topological polar surface area (TPSA) is 39.7 Å². The van der Waals surface area contributed by atoms with Gasteiger partial charge in [-0.05, 0) is 26.4 Å². The Morgan fingerprint density at radius 3 is 2.93 bits per heavy atom. The van der Waals surface area contributed by atoms with Crippen molar-refractivity contribution in [2.75, 3.05) is 33.7 Å². The van der Waals surface area contributed by atoms with Crippen molar-refractivity contribution in [2.45, 2.75) is 18.9 Å². The highest BCUT2D eigenvalue weighted by Crippen LogP contribution is 2.13. The number of aliphatic imine (C=N–C) groups is 1. The molecule has 0 spiro atoms. The molecule has 86 valence electrons. The van der Waals surface area contributed by atoms with E-state index in [2.05, 4.69) is 34.2 Å². The summed E-state index contributed by atoms with van der Waals surface area (Å²) in [6.45, 7) is 6.59. The summed E-state index contributed by atoms with van der Waals surface area (Å²) >= 11 is 0. The van der Waals surface area contributed by atoms with E-state index in [4.69, 9.17) is 0 Å². The fraction of sp³-hybridized carbons (Fsp3) is 0.727. The quantitative estimate of drug-likeness (QED) is 0.402. The van der Waals surface area contributed by atoms with Crippen molar-refractivity contribution in [3.05, 3.63) is 12.7 Å². The third kappa shape index (κ3) is 3.91. The van der Waals surface area contributed by atoms with E-state index >= 15 is 0 Å². The minimum atomic E-state index is 0.646. The smallest absolute Gasteiger partial charge is 0.191 e. The third-order valence-electron chi connectivity index (χ3n) is 2.81. The summed E-state index contributed by atoms with van der Waals surface area (Å²) in [4.78, 5) is 6.54. The van der Waals surface area contributed by atoms with Gasteiger partial charge in [-0.2, -0.15) is 0 Å². The van der Waals surface area contributed by atoms with Gasteiger partial charge in [-0.1, -0.05) is 6.08 Å². The number of hydrogen-bond acceptors (Lipinski definition) is 2. The Morgan fingerprint density at radius 1 is 1.60 bits per heavy atom. The van der Waals surface area contributed by atoms with Crippen LogP contribution in [-0.2, 0) is 0 Å². The van der Waals surface area contributed by atoms with E-state index in [1.165, 1.54) is 19.4 Å². The molecule has 1 aliphatic heterocycles. The molecule has 0 saturated carbocycles. The van der Waals surface area contributed by atoms with Crippen molar-refractivity contribution < 1.29 is 0 Å². The zero-order valence-corrected chi connectivity index (χ0v) is 9.79. The Hall–Kier alpha value is -1.03. The van der Waals surface area contributed by atoms with Crippen LogP contribution < -0.4 is 10.6 Å². The fourth-order valence-electron chi connectivity index (χ4n) is 1.84. The van der Waals surface area contributed by atoms with Crippen LogP contribution in [0.4, 0.5) is 0 Å². The van der Waals surface area contributed by atoms with Gasteiger partial charge in [0.2, 0.25) is 0 Å². The second-order valence-corrected chi connectivity index (χ2v) is 3.90. The summed E-state index contributed by atoms with van der Waals surface area (Å²) in [5.74, 6) is 0.857. The number of nitrogens with zero attached hydrogens (tertiary/aromatic N) is 2. The second-order valence-electron chi connectivity index (χ2n) is 3.90. The van der Waals surface area contributed by atoms with Crippen LogP contribution in [-0.4, -0.2) is 50.6 Å². The normalized spacial score (nSPS) is 22.8. The van der Waals surface area contributed by atoms with Crippen molar-refractivity contribution in [3.8, 4) is 0 Å². The number of likely N-dealkylation sites (tertiary alicyclic amines) is 1. The van der Waals surface area contributed by atoms with Crippen LogP contribution in [0.25, 0.3) is 0 Å². The lowest BCUT2D eigenvalue weighted by atomic mass is 10.2. The lowest BCUT2D eigenvalue weighted by Crippen LogP contribution is -2.43. The molecule has 1 aliphatic rings. The number of rotatable bonds is 4. The lowest BCUT2D eigenvalue weighted by molar-refractivity contribution is 0.309. The maximum atomic E-state index is 4.14. The summed E-state index contributed by atoms with van der Waals surface area (Å²) in [6.07, 6.45) is 4.41. The number of likely N-dealkylation sites (N-methyl/N-ethyl adjacent to an activating group) is 1. The predicted molar refractivity (Wildman–Crippen MR) is 65.2 cm³/mol. The van der Waals surface area contributed by atoms with Gasteiger partial charge in [0.05, 0.1) is 0 Å². The highest BCUT2D eigenvalue weighted by atomic mass is 15.2. The predicted octanol–water partition coefficient (Wildman–Crippen LogP) is 0.432. The second kappa shape index (κ2) is 6.45. The van der Waals surface area contributed by atoms with E-state index in [0.717, 1.165) is 19.0 Å². The van der Waals surface area contributed by atoms with Crippen LogP contribution in [0.5, 0.6) is 0 Å². The highest BCUT2D eigenvalue weighted by Gasteiger charge is 2.20. The van der Waals surface area contributed by atoms with Crippen molar-refractivity contribution >= 4 is 5.96 Å². The molecule has 1 atom stereocenters. The first-order valence-corrected chi connectivity index (χ1v) is 5.53. The van der Waals surface area contributed by atoms with Gasteiger partial charge in [-0.25, -0.2) is 0 Å². The Kier molecular flexibility index (Phi) is 5.18. The molecule has 4 nitrogen and oxygen atoms in total. The van der Waals surface area contributed by atoms with Gasteiger partial charge in [-0.15, -0.1) is 6.58 Å². The maximum absolute atomic E-state index is 4.14. The highest BCUT2D eigenvalue weighted by molar-refractivity contribution is 5.79. The van der Waals surface area contributed by atoms with Crippen molar-refractivity contribution in [1.29, 1.82) is 0 Å². The van der Waals surface area contributed by atoms with E-state index in [0.29, 0.717) is 6.04 Å². The van der Waals surface area contributed by atoms with Crippen LogP contribution >= 0.6 is 0 Å². The fourth-order valence-corrected chi connectivity index (χ4v) is 1.84. The summed E-state index contributed by atoms with van der Waals surface area (Å²) in [5.41, 5.74) is 0. The molecule has 4 heteroatoms. The molecule has 1 fully saturated rings. The van der Waals surface area contributed by atoms with Crippen molar-refractivity contribution in [3.63, 3.8) is 0 Å². The van der Waals surface area contributed by atoms with Gasteiger partial charge in [-0.3, -0.25) is 4.99 Å². The first kappa shape index (κ1) is 12.0. The molecule has 0 radical (unpaired) electrons. The average molecular weight is 210 g/mol. The lowest BCUT2D eigenvalue weighted by Gasteiger charge is -2.21. The van der Waals surface area contributed by atoms with Crippen LogP contribution in [0.3, 0.4) is 0 Å². The molecule has 15 heavy (non-hydrogen) atoms. The molecule has 1 saturated heterocycles. The van der Waals surface area contributed by atoms with Crippen molar-refractivity contribution in [2.24, 2.45) is 4.99 Å². The zero-order valence-electron chi connectivity index (χ0n) is 9.79. The Balaban J connectivity index is 2.24.